The van der Waals surface area contributed by atoms with Crippen LogP contribution in [0.25, 0.3) is 0 Å². The van der Waals surface area contributed by atoms with Gasteiger partial charge >= 0.3 is 0 Å². The van der Waals surface area contributed by atoms with Gasteiger partial charge in [0.1, 0.15) is 18.5 Å². The molecule has 1 fully saturated rings. The maximum atomic E-state index is 5.68. The predicted molar refractivity (Wildman–Crippen MR) is 78.8 cm³/mol. The average molecular weight is 262 g/mol. The van der Waals surface area contributed by atoms with Crippen LogP contribution >= 0.6 is 0 Å². The van der Waals surface area contributed by atoms with Crippen LogP contribution in [-0.4, -0.2) is 19.3 Å². The third-order valence-electron chi connectivity index (χ3n) is 4.99. The first kappa shape index (κ1) is 14.4. The number of hydrogen-bond donors (Lipinski definition) is 0. The van der Waals surface area contributed by atoms with Crippen LogP contribution in [0.5, 0.6) is 5.75 Å². The third-order valence-corrected chi connectivity index (χ3v) is 4.99. The molecule has 0 spiro atoms. The quantitative estimate of drug-likeness (QED) is 0.717. The summed E-state index contributed by atoms with van der Waals surface area (Å²) in [6.45, 7) is 13.1. The van der Waals surface area contributed by atoms with Crippen LogP contribution < -0.4 is 4.74 Å². The highest BCUT2D eigenvalue weighted by Crippen LogP contribution is 2.43. The van der Waals surface area contributed by atoms with Crippen molar-refractivity contribution in [1.29, 1.82) is 0 Å². The van der Waals surface area contributed by atoms with E-state index in [2.05, 4.69) is 58.9 Å². The Balaban J connectivity index is 2.07. The van der Waals surface area contributed by atoms with Gasteiger partial charge in [0.15, 0.2) is 0 Å². The summed E-state index contributed by atoms with van der Waals surface area (Å²) in [5.74, 6) is 0.935. The topological polar surface area (TPSA) is 21.8 Å². The zero-order valence-corrected chi connectivity index (χ0v) is 12.8. The van der Waals surface area contributed by atoms with Crippen LogP contribution in [0.15, 0.2) is 24.3 Å². The summed E-state index contributed by atoms with van der Waals surface area (Å²) in [7, 11) is 0. The van der Waals surface area contributed by atoms with E-state index in [4.69, 9.17) is 9.47 Å². The van der Waals surface area contributed by atoms with Crippen molar-refractivity contribution in [2.75, 3.05) is 13.2 Å². The van der Waals surface area contributed by atoms with E-state index in [9.17, 15) is 0 Å². The third kappa shape index (κ3) is 3.11. The first-order valence-electron chi connectivity index (χ1n) is 7.22. The van der Waals surface area contributed by atoms with Gasteiger partial charge in [-0.2, -0.15) is 0 Å². The van der Waals surface area contributed by atoms with Gasteiger partial charge in [0.2, 0.25) is 0 Å². The van der Waals surface area contributed by atoms with Crippen LogP contribution in [0.1, 0.15) is 46.6 Å². The molecule has 2 nitrogen and oxygen atoms in total. The molecule has 1 atom stereocenters. The highest BCUT2D eigenvalue weighted by atomic mass is 16.6. The van der Waals surface area contributed by atoms with Gasteiger partial charge in [-0.1, -0.05) is 53.2 Å². The SMILES string of the molecule is CCC(C)(C)C(C)(C)c1ccc(OCC2CO2)cc1. The molecule has 2 rings (SSSR count). The minimum Gasteiger partial charge on any atom is -0.491 e. The molecule has 2 heteroatoms. The lowest BCUT2D eigenvalue weighted by molar-refractivity contribution is 0.189. The average Bonchev–Trinajstić information content (AvgIpc) is 3.20. The van der Waals surface area contributed by atoms with Crippen LogP contribution in [-0.2, 0) is 10.2 Å². The van der Waals surface area contributed by atoms with Crippen LogP contribution in [0.4, 0.5) is 0 Å². The number of ether oxygens (including phenoxy) is 2. The summed E-state index contributed by atoms with van der Waals surface area (Å²) in [5.41, 5.74) is 1.80. The molecular weight excluding hydrogens is 236 g/mol. The molecule has 0 aromatic heterocycles. The molecule has 1 unspecified atom stereocenters. The maximum Gasteiger partial charge on any atom is 0.119 e. The molecular formula is C17H26O2. The summed E-state index contributed by atoms with van der Waals surface area (Å²) in [4.78, 5) is 0. The highest BCUT2D eigenvalue weighted by molar-refractivity contribution is 5.33. The second-order valence-electron chi connectivity index (χ2n) is 6.65. The van der Waals surface area contributed by atoms with Crippen LogP contribution in [0, 0.1) is 5.41 Å². The van der Waals surface area contributed by atoms with Gasteiger partial charge < -0.3 is 9.47 Å². The summed E-state index contributed by atoms with van der Waals surface area (Å²) in [6.07, 6.45) is 1.48. The van der Waals surface area contributed by atoms with Crippen LogP contribution in [0.3, 0.4) is 0 Å². The van der Waals surface area contributed by atoms with E-state index in [1.54, 1.807) is 0 Å². The van der Waals surface area contributed by atoms with Gasteiger partial charge in [0.05, 0.1) is 6.61 Å². The van der Waals surface area contributed by atoms with Crippen molar-refractivity contribution >= 4 is 0 Å². The Bertz CT molecular complexity index is 413. The number of benzene rings is 1. The lowest BCUT2D eigenvalue weighted by Gasteiger charge is -2.42. The second kappa shape index (κ2) is 5.16. The van der Waals surface area contributed by atoms with E-state index >= 15 is 0 Å². The molecule has 0 amide bonds. The number of epoxide rings is 1. The van der Waals surface area contributed by atoms with E-state index < -0.39 is 0 Å². The van der Waals surface area contributed by atoms with E-state index in [1.807, 2.05) is 0 Å². The van der Waals surface area contributed by atoms with E-state index in [1.165, 1.54) is 5.56 Å². The van der Waals surface area contributed by atoms with Crippen molar-refractivity contribution < 1.29 is 9.47 Å². The van der Waals surface area contributed by atoms with E-state index in [0.717, 1.165) is 18.8 Å². The standard InChI is InChI=1S/C17H26O2/c1-6-16(2,3)17(4,5)13-7-9-14(10-8-13)18-11-15-12-19-15/h7-10,15H,6,11-12H2,1-5H3. The highest BCUT2D eigenvalue weighted by Gasteiger charge is 2.36. The van der Waals surface area contributed by atoms with E-state index in [0.29, 0.717) is 12.7 Å². The molecule has 1 heterocycles. The fourth-order valence-electron chi connectivity index (χ4n) is 2.15. The molecule has 19 heavy (non-hydrogen) atoms. The zero-order valence-electron chi connectivity index (χ0n) is 12.8. The van der Waals surface area contributed by atoms with Gasteiger partial charge in [0, 0.05) is 0 Å². The lowest BCUT2D eigenvalue weighted by atomic mass is 9.63. The minimum absolute atomic E-state index is 0.153. The van der Waals surface area contributed by atoms with Crippen molar-refractivity contribution in [1.82, 2.24) is 0 Å². The van der Waals surface area contributed by atoms with Gasteiger partial charge in [0.25, 0.3) is 0 Å². The summed E-state index contributed by atoms with van der Waals surface area (Å²) in [6, 6.07) is 8.54. The Kier molecular flexibility index (Phi) is 3.91. The van der Waals surface area contributed by atoms with Crippen LogP contribution in [0.2, 0.25) is 0 Å². The Morgan fingerprint density at radius 1 is 1.16 bits per heavy atom. The minimum atomic E-state index is 0.153. The van der Waals surface area contributed by atoms with Gasteiger partial charge in [-0.05, 0) is 28.5 Å². The molecule has 0 aliphatic carbocycles. The molecule has 1 aliphatic rings. The fourth-order valence-corrected chi connectivity index (χ4v) is 2.15. The normalized spacial score (nSPS) is 19.3. The first-order chi connectivity index (χ1) is 8.87. The Hall–Kier alpha value is -1.02. The molecule has 1 aliphatic heterocycles. The smallest absolute Gasteiger partial charge is 0.119 e. The van der Waals surface area contributed by atoms with Crippen molar-refractivity contribution in [3.8, 4) is 5.75 Å². The van der Waals surface area contributed by atoms with Gasteiger partial charge in [-0.15, -0.1) is 0 Å². The number of hydrogen-bond acceptors (Lipinski definition) is 2. The molecule has 1 aromatic carbocycles. The second-order valence-corrected chi connectivity index (χ2v) is 6.65. The molecule has 0 radical (unpaired) electrons. The molecule has 1 aromatic rings. The lowest BCUT2D eigenvalue weighted by Crippen LogP contribution is -2.35. The van der Waals surface area contributed by atoms with Gasteiger partial charge in [-0.3, -0.25) is 0 Å². The Morgan fingerprint density at radius 2 is 1.74 bits per heavy atom. The molecule has 1 saturated heterocycles. The first-order valence-corrected chi connectivity index (χ1v) is 7.22. The summed E-state index contributed by atoms with van der Waals surface area (Å²) < 4.78 is 10.8. The molecule has 0 bridgehead atoms. The number of rotatable bonds is 6. The van der Waals surface area contributed by atoms with E-state index in [-0.39, 0.29) is 10.8 Å². The largest absolute Gasteiger partial charge is 0.491 e. The van der Waals surface area contributed by atoms with Crippen molar-refractivity contribution in [2.24, 2.45) is 5.41 Å². The Labute approximate surface area is 117 Å². The fraction of sp³-hybridized carbons (Fsp3) is 0.647. The summed E-state index contributed by atoms with van der Waals surface area (Å²) in [5, 5.41) is 0. The predicted octanol–water partition coefficient (Wildman–Crippen LogP) is 4.18. The van der Waals surface area contributed by atoms with Crippen molar-refractivity contribution in [2.45, 2.75) is 52.6 Å². The van der Waals surface area contributed by atoms with Crippen molar-refractivity contribution in [3.05, 3.63) is 29.8 Å². The molecule has 0 saturated carbocycles. The van der Waals surface area contributed by atoms with Crippen molar-refractivity contribution in [3.63, 3.8) is 0 Å². The zero-order chi connectivity index (χ0) is 14.1. The Morgan fingerprint density at radius 3 is 2.21 bits per heavy atom. The molecule has 106 valence electrons. The molecule has 0 N–H and O–H groups in total. The monoisotopic (exact) mass is 262 g/mol. The summed E-state index contributed by atoms with van der Waals surface area (Å²) >= 11 is 0. The maximum absolute atomic E-state index is 5.68. The van der Waals surface area contributed by atoms with Gasteiger partial charge in [-0.25, -0.2) is 0 Å².